The summed E-state index contributed by atoms with van der Waals surface area (Å²) in [4.78, 5) is 14.1. The number of carbonyl (C=O) groups excluding carboxylic acids is 1. The van der Waals surface area contributed by atoms with E-state index in [-0.39, 0.29) is 18.3 Å². The second-order valence-corrected chi connectivity index (χ2v) is 7.38. The number of benzene rings is 2. The molecule has 1 aliphatic heterocycles. The number of thiocarbonyl (C=S) groups is 1. The Morgan fingerprint density at radius 2 is 2.00 bits per heavy atom. The predicted molar refractivity (Wildman–Crippen MR) is 119 cm³/mol. The molecule has 158 valence electrons. The molecule has 0 unspecified atom stereocenters. The standard InChI is InChI=1S/C22H22ClFN2O3S/c1-3-9-26-21(27)18(25-22(26)30)11-14-10-16(23)20(19(12-14)28-4-2)29-13-15-7-5-6-8-17(15)24/h5-8,10-12H,3-4,9,13H2,1-2H3,(H,25,30)/b18-11-. The van der Waals surface area contributed by atoms with Crippen LogP contribution in [0.25, 0.3) is 6.08 Å². The van der Waals surface area contributed by atoms with Crippen molar-refractivity contribution in [2.75, 3.05) is 13.2 Å². The number of nitrogens with zero attached hydrogens (tertiary/aromatic N) is 1. The summed E-state index contributed by atoms with van der Waals surface area (Å²) in [5, 5.41) is 3.62. The minimum Gasteiger partial charge on any atom is -0.490 e. The quantitative estimate of drug-likeness (QED) is 0.458. The van der Waals surface area contributed by atoms with E-state index in [9.17, 15) is 9.18 Å². The molecule has 5 nitrogen and oxygen atoms in total. The Balaban J connectivity index is 1.87. The Labute approximate surface area is 185 Å². The molecular weight excluding hydrogens is 427 g/mol. The van der Waals surface area contributed by atoms with Crippen LogP contribution in [0.15, 0.2) is 42.1 Å². The molecule has 1 fully saturated rings. The van der Waals surface area contributed by atoms with Gasteiger partial charge in [0.15, 0.2) is 16.6 Å². The first-order valence-electron chi connectivity index (χ1n) is 9.61. The number of nitrogens with one attached hydrogen (secondary N) is 1. The molecule has 0 bridgehead atoms. The van der Waals surface area contributed by atoms with Crippen molar-refractivity contribution in [2.24, 2.45) is 0 Å². The SMILES string of the molecule is CCCN1C(=O)/C(=C/c2cc(Cl)c(OCc3ccccc3F)c(OCC)c2)NC1=S. The molecular formula is C22H22ClFN2O3S. The highest BCUT2D eigenvalue weighted by Gasteiger charge is 2.29. The second kappa shape index (κ2) is 9.91. The maximum absolute atomic E-state index is 13.9. The van der Waals surface area contributed by atoms with Crippen LogP contribution in [0.5, 0.6) is 11.5 Å². The van der Waals surface area contributed by atoms with Crippen LogP contribution in [0.3, 0.4) is 0 Å². The molecule has 0 atom stereocenters. The summed E-state index contributed by atoms with van der Waals surface area (Å²) in [6.45, 7) is 4.76. The van der Waals surface area contributed by atoms with Crippen LogP contribution in [0.2, 0.25) is 5.02 Å². The Kier molecular flexibility index (Phi) is 7.29. The lowest BCUT2D eigenvalue weighted by Crippen LogP contribution is -2.31. The average Bonchev–Trinajstić information content (AvgIpc) is 2.96. The van der Waals surface area contributed by atoms with Gasteiger partial charge in [-0.1, -0.05) is 36.7 Å². The van der Waals surface area contributed by atoms with E-state index in [0.29, 0.717) is 51.6 Å². The molecule has 3 rings (SSSR count). The molecule has 8 heteroatoms. The van der Waals surface area contributed by atoms with Gasteiger partial charge in [-0.05, 0) is 55.4 Å². The first-order chi connectivity index (χ1) is 14.4. The van der Waals surface area contributed by atoms with E-state index in [4.69, 9.17) is 33.3 Å². The molecule has 30 heavy (non-hydrogen) atoms. The van der Waals surface area contributed by atoms with Crippen molar-refractivity contribution < 1.29 is 18.7 Å². The Morgan fingerprint density at radius 1 is 1.23 bits per heavy atom. The third-order valence-electron chi connectivity index (χ3n) is 4.38. The van der Waals surface area contributed by atoms with Gasteiger partial charge in [0.1, 0.15) is 18.1 Å². The Bertz CT molecular complexity index is 996. The summed E-state index contributed by atoms with van der Waals surface area (Å²) >= 11 is 11.7. The molecule has 1 N–H and O–H groups in total. The molecule has 1 amide bonds. The fraction of sp³-hybridized carbons (Fsp3) is 0.273. The van der Waals surface area contributed by atoms with E-state index >= 15 is 0 Å². The summed E-state index contributed by atoms with van der Waals surface area (Å²) in [6, 6.07) is 9.75. The van der Waals surface area contributed by atoms with Crippen LogP contribution >= 0.6 is 23.8 Å². The largest absolute Gasteiger partial charge is 0.490 e. The van der Waals surface area contributed by atoms with Crippen LogP contribution in [-0.2, 0) is 11.4 Å². The summed E-state index contributed by atoms with van der Waals surface area (Å²) in [7, 11) is 0. The van der Waals surface area contributed by atoms with Crippen LogP contribution in [0, 0.1) is 5.82 Å². The molecule has 1 aliphatic rings. The van der Waals surface area contributed by atoms with Crippen molar-refractivity contribution in [2.45, 2.75) is 26.9 Å². The topological polar surface area (TPSA) is 50.8 Å². The van der Waals surface area contributed by atoms with Crippen molar-refractivity contribution in [3.63, 3.8) is 0 Å². The first-order valence-corrected chi connectivity index (χ1v) is 10.4. The lowest BCUT2D eigenvalue weighted by atomic mass is 10.1. The monoisotopic (exact) mass is 448 g/mol. The van der Waals surface area contributed by atoms with Crippen molar-refractivity contribution in [1.29, 1.82) is 0 Å². The lowest BCUT2D eigenvalue weighted by molar-refractivity contribution is -0.122. The summed E-state index contributed by atoms with van der Waals surface area (Å²) in [5.74, 6) is 0.187. The number of hydrogen-bond donors (Lipinski definition) is 1. The highest BCUT2D eigenvalue weighted by atomic mass is 35.5. The summed E-state index contributed by atoms with van der Waals surface area (Å²) < 4.78 is 25.3. The van der Waals surface area contributed by atoms with E-state index in [1.165, 1.54) is 11.0 Å². The fourth-order valence-corrected chi connectivity index (χ4v) is 3.56. The Hall–Kier alpha value is -2.64. The first kappa shape index (κ1) is 22.1. The number of amides is 1. The third kappa shape index (κ3) is 4.91. The van der Waals surface area contributed by atoms with Gasteiger partial charge >= 0.3 is 0 Å². The molecule has 2 aromatic rings. The van der Waals surface area contributed by atoms with E-state index < -0.39 is 0 Å². The molecule has 2 aromatic carbocycles. The van der Waals surface area contributed by atoms with E-state index in [0.717, 1.165) is 6.42 Å². The zero-order valence-corrected chi connectivity index (χ0v) is 18.3. The third-order valence-corrected chi connectivity index (χ3v) is 4.99. The van der Waals surface area contributed by atoms with E-state index in [2.05, 4.69) is 5.32 Å². The van der Waals surface area contributed by atoms with Gasteiger partial charge in [-0.15, -0.1) is 0 Å². The normalized spacial score (nSPS) is 14.9. The number of halogens is 2. The smallest absolute Gasteiger partial charge is 0.276 e. The Morgan fingerprint density at radius 3 is 2.70 bits per heavy atom. The maximum atomic E-state index is 13.9. The summed E-state index contributed by atoms with van der Waals surface area (Å²) in [6.07, 6.45) is 2.47. The van der Waals surface area contributed by atoms with Gasteiger partial charge in [0, 0.05) is 12.1 Å². The molecule has 0 radical (unpaired) electrons. The second-order valence-electron chi connectivity index (χ2n) is 6.59. The van der Waals surface area contributed by atoms with Crippen molar-refractivity contribution in [1.82, 2.24) is 10.2 Å². The number of hydrogen-bond acceptors (Lipinski definition) is 4. The number of ether oxygens (including phenoxy) is 2. The van der Waals surface area contributed by atoms with Crippen LogP contribution in [-0.4, -0.2) is 29.1 Å². The van der Waals surface area contributed by atoms with Crippen LogP contribution in [0.1, 0.15) is 31.4 Å². The van der Waals surface area contributed by atoms with Crippen molar-refractivity contribution in [3.8, 4) is 11.5 Å². The summed E-state index contributed by atoms with van der Waals surface area (Å²) in [5.41, 5.74) is 1.43. The number of carbonyl (C=O) groups is 1. The van der Waals surface area contributed by atoms with Crippen LogP contribution in [0.4, 0.5) is 4.39 Å². The zero-order valence-electron chi connectivity index (χ0n) is 16.7. The van der Waals surface area contributed by atoms with Crippen LogP contribution < -0.4 is 14.8 Å². The molecule has 1 saturated heterocycles. The average molecular weight is 449 g/mol. The van der Waals surface area contributed by atoms with Gasteiger partial charge in [-0.3, -0.25) is 9.69 Å². The molecule has 0 spiro atoms. The lowest BCUT2D eigenvalue weighted by Gasteiger charge is -2.15. The van der Waals surface area contributed by atoms with Gasteiger partial charge in [-0.2, -0.15) is 0 Å². The van der Waals surface area contributed by atoms with E-state index in [1.807, 2.05) is 13.8 Å². The number of rotatable bonds is 8. The maximum Gasteiger partial charge on any atom is 0.276 e. The minimum atomic E-state index is -0.355. The van der Waals surface area contributed by atoms with Crippen molar-refractivity contribution in [3.05, 3.63) is 64.1 Å². The van der Waals surface area contributed by atoms with Gasteiger partial charge < -0.3 is 14.8 Å². The van der Waals surface area contributed by atoms with Gasteiger partial charge in [0.25, 0.3) is 5.91 Å². The highest BCUT2D eigenvalue weighted by Crippen LogP contribution is 2.38. The van der Waals surface area contributed by atoms with Crippen molar-refractivity contribution >= 4 is 40.9 Å². The molecule has 0 saturated carbocycles. The fourth-order valence-electron chi connectivity index (χ4n) is 3.00. The zero-order chi connectivity index (χ0) is 21.7. The highest BCUT2D eigenvalue weighted by molar-refractivity contribution is 7.80. The van der Waals surface area contributed by atoms with Gasteiger partial charge in [0.05, 0.1) is 11.6 Å². The van der Waals surface area contributed by atoms with E-state index in [1.54, 1.807) is 36.4 Å². The van der Waals surface area contributed by atoms with Gasteiger partial charge in [-0.25, -0.2) is 4.39 Å². The molecule has 1 heterocycles. The molecule has 0 aliphatic carbocycles. The van der Waals surface area contributed by atoms with Gasteiger partial charge in [0.2, 0.25) is 0 Å². The minimum absolute atomic E-state index is 0.00714. The molecule has 0 aromatic heterocycles. The predicted octanol–water partition coefficient (Wildman–Crippen LogP) is 4.92.